The second kappa shape index (κ2) is 8.55. The van der Waals surface area contributed by atoms with E-state index in [-0.39, 0.29) is 30.2 Å². The number of amides is 2. The molecule has 0 radical (unpaired) electrons. The van der Waals surface area contributed by atoms with Gasteiger partial charge in [-0.3, -0.25) is 9.59 Å². The Balaban J connectivity index is 1.81. The second-order valence-electron chi connectivity index (χ2n) is 7.05. The van der Waals surface area contributed by atoms with Gasteiger partial charge in [-0.05, 0) is 35.4 Å². The van der Waals surface area contributed by atoms with E-state index < -0.39 is 29.6 Å². The molecule has 1 heterocycles. The molecule has 1 fully saturated rings. The van der Waals surface area contributed by atoms with Crippen molar-refractivity contribution in [3.63, 3.8) is 0 Å². The third-order valence-electron chi connectivity index (χ3n) is 5.19. The highest BCUT2D eigenvalue weighted by atomic mass is 35.5. The first kappa shape index (κ1) is 22.0. The van der Waals surface area contributed by atoms with Crippen molar-refractivity contribution in [2.75, 3.05) is 14.2 Å². The van der Waals surface area contributed by atoms with Gasteiger partial charge in [0, 0.05) is 25.0 Å². The third-order valence-corrected chi connectivity index (χ3v) is 5.42. The fourth-order valence-corrected chi connectivity index (χ4v) is 3.86. The summed E-state index contributed by atoms with van der Waals surface area (Å²) in [7, 11) is 2.87. The van der Waals surface area contributed by atoms with Gasteiger partial charge in [-0.25, -0.2) is 0 Å². The number of nitrogens with zero attached hydrogens (tertiary/aromatic N) is 1. The van der Waals surface area contributed by atoms with E-state index in [9.17, 15) is 22.8 Å². The van der Waals surface area contributed by atoms with E-state index in [0.717, 1.165) is 6.07 Å². The molecule has 0 aliphatic carbocycles. The molecule has 0 bridgehead atoms. The van der Waals surface area contributed by atoms with Crippen LogP contribution in [-0.4, -0.2) is 30.9 Å². The standard InChI is InChI=1S/C21H20ClF3N2O3/c1-27-18(28)10-16(19(27)12-4-3-5-14(22)8-12)20(29)26-11-13-6-7-15(30-2)9-17(13)21(23,24)25/h3-9,16,19H,10-11H2,1-2H3,(H,26,29). The number of hydrogen-bond donors (Lipinski definition) is 1. The van der Waals surface area contributed by atoms with Crippen molar-refractivity contribution in [1.82, 2.24) is 10.2 Å². The van der Waals surface area contributed by atoms with Crippen LogP contribution in [0.15, 0.2) is 42.5 Å². The molecule has 0 aromatic heterocycles. The summed E-state index contributed by atoms with van der Waals surface area (Å²) in [6.07, 6.45) is -4.63. The first-order valence-electron chi connectivity index (χ1n) is 9.14. The quantitative estimate of drug-likeness (QED) is 0.758. The fourth-order valence-electron chi connectivity index (χ4n) is 3.67. The molecule has 1 aliphatic heterocycles. The lowest BCUT2D eigenvalue weighted by molar-refractivity contribution is -0.138. The van der Waals surface area contributed by atoms with E-state index in [0.29, 0.717) is 10.6 Å². The number of likely N-dealkylation sites (tertiary alicyclic amines) is 1. The molecule has 1 aliphatic rings. The predicted molar refractivity (Wildman–Crippen MR) is 105 cm³/mol. The zero-order chi connectivity index (χ0) is 22.1. The Morgan fingerprint density at radius 2 is 2.00 bits per heavy atom. The molecule has 30 heavy (non-hydrogen) atoms. The molecule has 1 N–H and O–H groups in total. The first-order valence-corrected chi connectivity index (χ1v) is 9.52. The number of benzene rings is 2. The zero-order valence-corrected chi connectivity index (χ0v) is 17.1. The average Bonchev–Trinajstić information content (AvgIpc) is 3.00. The average molecular weight is 441 g/mol. The molecule has 5 nitrogen and oxygen atoms in total. The smallest absolute Gasteiger partial charge is 0.416 e. The van der Waals surface area contributed by atoms with Gasteiger partial charge in [0.1, 0.15) is 5.75 Å². The Kier molecular flexibility index (Phi) is 6.26. The molecule has 0 spiro atoms. The van der Waals surface area contributed by atoms with Crippen molar-refractivity contribution in [3.8, 4) is 5.75 Å². The van der Waals surface area contributed by atoms with Crippen LogP contribution < -0.4 is 10.1 Å². The largest absolute Gasteiger partial charge is 0.497 e. The lowest BCUT2D eigenvalue weighted by atomic mass is 9.92. The summed E-state index contributed by atoms with van der Waals surface area (Å²) in [6, 6.07) is 9.85. The summed E-state index contributed by atoms with van der Waals surface area (Å²) in [6.45, 7) is -0.325. The number of rotatable bonds is 5. The topological polar surface area (TPSA) is 58.6 Å². The van der Waals surface area contributed by atoms with Crippen LogP contribution in [0.2, 0.25) is 5.02 Å². The second-order valence-corrected chi connectivity index (χ2v) is 7.49. The van der Waals surface area contributed by atoms with Gasteiger partial charge in [0.25, 0.3) is 0 Å². The van der Waals surface area contributed by atoms with Crippen molar-refractivity contribution < 1.29 is 27.5 Å². The van der Waals surface area contributed by atoms with E-state index in [1.807, 2.05) is 0 Å². The van der Waals surface area contributed by atoms with Crippen molar-refractivity contribution in [2.24, 2.45) is 5.92 Å². The number of alkyl halides is 3. The molecule has 3 rings (SSSR count). The highest BCUT2D eigenvalue weighted by Crippen LogP contribution is 2.38. The highest BCUT2D eigenvalue weighted by Gasteiger charge is 2.43. The lowest BCUT2D eigenvalue weighted by Gasteiger charge is -2.25. The third kappa shape index (κ3) is 4.53. The van der Waals surface area contributed by atoms with Crippen LogP contribution in [0.1, 0.15) is 29.2 Å². The Labute approximate surface area is 176 Å². The van der Waals surface area contributed by atoms with Gasteiger partial charge in [-0.2, -0.15) is 13.2 Å². The molecule has 0 saturated carbocycles. The van der Waals surface area contributed by atoms with Crippen molar-refractivity contribution in [3.05, 3.63) is 64.2 Å². The van der Waals surface area contributed by atoms with E-state index in [2.05, 4.69) is 5.32 Å². The zero-order valence-electron chi connectivity index (χ0n) is 16.3. The Hall–Kier alpha value is -2.74. The van der Waals surface area contributed by atoms with Gasteiger partial charge in [-0.1, -0.05) is 29.8 Å². The van der Waals surface area contributed by atoms with Crippen LogP contribution in [0.4, 0.5) is 13.2 Å². The Morgan fingerprint density at radius 3 is 2.63 bits per heavy atom. The summed E-state index contributed by atoms with van der Waals surface area (Å²) in [5.41, 5.74) is -0.279. The van der Waals surface area contributed by atoms with E-state index in [4.69, 9.17) is 16.3 Å². The molecule has 9 heteroatoms. The van der Waals surface area contributed by atoms with Crippen LogP contribution in [0.25, 0.3) is 0 Å². The van der Waals surface area contributed by atoms with E-state index in [1.54, 1.807) is 31.3 Å². The van der Waals surface area contributed by atoms with Crippen molar-refractivity contribution >= 4 is 23.4 Å². The van der Waals surface area contributed by atoms with Crippen molar-refractivity contribution in [2.45, 2.75) is 25.2 Å². The summed E-state index contributed by atoms with van der Waals surface area (Å²) in [5, 5.41) is 3.02. The first-order chi connectivity index (χ1) is 14.1. The molecule has 2 amide bonds. The molecule has 160 valence electrons. The van der Waals surface area contributed by atoms with Crippen LogP contribution in [-0.2, 0) is 22.3 Å². The molecular weight excluding hydrogens is 421 g/mol. The summed E-state index contributed by atoms with van der Waals surface area (Å²) >= 11 is 6.04. The summed E-state index contributed by atoms with van der Waals surface area (Å²) in [4.78, 5) is 26.5. The number of halogens is 4. The summed E-state index contributed by atoms with van der Waals surface area (Å²) in [5.74, 6) is -1.39. The van der Waals surface area contributed by atoms with Gasteiger partial charge in [0.2, 0.25) is 11.8 Å². The van der Waals surface area contributed by atoms with Crippen molar-refractivity contribution in [1.29, 1.82) is 0 Å². The monoisotopic (exact) mass is 440 g/mol. The SMILES string of the molecule is COc1ccc(CNC(=O)C2CC(=O)N(C)C2c2cccc(Cl)c2)c(C(F)(F)F)c1. The normalized spacial score (nSPS) is 19.1. The number of carbonyl (C=O) groups is 2. The Bertz CT molecular complexity index is 965. The van der Waals surface area contributed by atoms with Crippen LogP contribution in [0.3, 0.4) is 0 Å². The maximum absolute atomic E-state index is 13.4. The molecule has 2 atom stereocenters. The molecule has 2 aromatic rings. The maximum Gasteiger partial charge on any atom is 0.416 e. The van der Waals surface area contributed by atoms with Crippen LogP contribution in [0.5, 0.6) is 5.75 Å². The van der Waals surface area contributed by atoms with Gasteiger partial charge in [-0.15, -0.1) is 0 Å². The van der Waals surface area contributed by atoms with Gasteiger partial charge in [0.15, 0.2) is 0 Å². The number of ether oxygens (including phenoxy) is 1. The van der Waals surface area contributed by atoms with E-state index in [1.165, 1.54) is 24.1 Å². The summed E-state index contributed by atoms with van der Waals surface area (Å²) < 4.78 is 45.0. The Morgan fingerprint density at radius 1 is 1.27 bits per heavy atom. The number of hydrogen-bond acceptors (Lipinski definition) is 3. The lowest BCUT2D eigenvalue weighted by Crippen LogP contribution is -2.34. The van der Waals surface area contributed by atoms with E-state index >= 15 is 0 Å². The number of methoxy groups -OCH3 is 1. The molecule has 2 aromatic carbocycles. The molecular formula is C21H20ClF3N2O3. The minimum absolute atomic E-state index is 0.0335. The van der Waals surface area contributed by atoms with Gasteiger partial charge < -0.3 is 15.0 Å². The molecule has 2 unspecified atom stereocenters. The minimum atomic E-state index is -4.60. The highest BCUT2D eigenvalue weighted by molar-refractivity contribution is 6.30. The maximum atomic E-state index is 13.4. The van der Waals surface area contributed by atoms with Gasteiger partial charge in [0.05, 0.1) is 24.6 Å². The minimum Gasteiger partial charge on any atom is -0.497 e. The molecule has 1 saturated heterocycles. The number of nitrogens with one attached hydrogen (secondary N) is 1. The predicted octanol–water partition coefficient (Wildman–Crippen LogP) is 4.20. The fraction of sp³-hybridized carbons (Fsp3) is 0.333. The van der Waals surface area contributed by atoms with Gasteiger partial charge >= 0.3 is 6.18 Å². The van der Waals surface area contributed by atoms with Crippen LogP contribution >= 0.6 is 11.6 Å². The van der Waals surface area contributed by atoms with Crippen LogP contribution in [0, 0.1) is 5.92 Å². The number of carbonyl (C=O) groups excluding carboxylic acids is 2.